The number of piperazine rings is 1. The first-order valence-corrected chi connectivity index (χ1v) is 10.8. The SMILES string of the molecule is CCNC(=NCC(=O)N1CCN(c2ccc(Cl)cc2)CC1)N(C)CC1CCOC1. The highest BCUT2D eigenvalue weighted by atomic mass is 35.5. The van der Waals surface area contributed by atoms with Gasteiger partial charge in [-0.05, 0) is 37.6 Å². The van der Waals surface area contributed by atoms with Crippen LogP contribution in [0.2, 0.25) is 5.02 Å². The molecular weight excluding hydrogens is 390 g/mol. The van der Waals surface area contributed by atoms with Crippen molar-refractivity contribution >= 4 is 29.2 Å². The van der Waals surface area contributed by atoms with Crippen LogP contribution in [0.1, 0.15) is 13.3 Å². The Labute approximate surface area is 178 Å². The molecule has 1 amide bonds. The molecular formula is C21H32ClN5O2. The lowest BCUT2D eigenvalue weighted by molar-refractivity contribution is -0.129. The van der Waals surface area contributed by atoms with Crippen LogP contribution < -0.4 is 10.2 Å². The summed E-state index contributed by atoms with van der Waals surface area (Å²) in [5, 5.41) is 4.03. The predicted octanol–water partition coefficient (Wildman–Crippen LogP) is 1.92. The van der Waals surface area contributed by atoms with Crippen molar-refractivity contribution in [3.05, 3.63) is 29.3 Å². The quantitative estimate of drug-likeness (QED) is 0.561. The van der Waals surface area contributed by atoms with E-state index in [0.717, 1.165) is 62.5 Å². The van der Waals surface area contributed by atoms with E-state index in [9.17, 15) is 4.79 Å². The van der Waals surface area contributed by atoms with Gasteiger partial charge in [0, 0.05) is 69.6 Å². The minimum Gasteiger partial charge on any atom is -0.381 e. The van der Waals surface area contributed by atoms with Crippen molar-refractivity contribution in [2.24, 2.45) is 10.9 Å². The molecule has 2 heterocycles. The van der Waals surface area contributed by atoms with Crippen molar-refractivity contribution in [1.29, 1.82) is 0 Å². The molecule has 1 aromatic carbocycles. The summed E-state index contributed by atoms with van der Waals surface area (Å²) in [6, 6.07) is 7.86. The van der Waals surface area contributed by atoms with Gasteiger partial charge in [0.15, 0.2) is 5.96 Å². The maximum absolute atomic E-state index is 12.7. The van der Waals surface area contributed by atoms with Gasteiger partial charge in [0.05, 0.1) is 6.61 Å². The summed E-state index contributed by atoms with van der Waals surface area (Å²) in [4.78, 5) is 23.6. The van der Waals surface area contributed by atoms with Crippen molar-refractivity contribution in [2.75, 3.05) is 71.0 Å². The van der Waals surface area contributed by atoms with Gasteiger partial charge in [0.25, 0.3) is 0 Å². The van der Waals surface area contributed by atoms with E-state index in [2.05, 4.69) is 20.1 Å². The van der Waals surface area contributed by atoms with E-state index in [1.165, 1.54) is 0 Å². The Balaban J connectivity index is 1.49. The molecule has 0 radical (unpaired) electrons. The third-order valence-electron chi connectivity index (χ3n) is 5.44. The number of amides is 1. The van der Waals surface area contributed by atoms with Crippen LogP contribution in [0.3, 0.4) is 0 Å². The van der Waals surface area contributed by atoms with E-state index in [-0.39, 0.29) is 12.5 Å². The van der Waals surface area contributed by atoms with Crippen LogP contribution in [-0.2, 0) is 9.53 Å². The van der Waals surface area contributed by atoms with Crippen molar-refractivity contribution in [1.82, 2.24) is 15.1 Å². The number of ether oxygens (including phenoxy) is 1. The maximum Gasteiger partial charge on any atom is 0.244 e. The van der Waals surface area contributed by atoms with E-state index >= 15 is 0 Å². The summed E-state index contributed by atoms with van der Waals surface area (Å²) in [5.74, 6) is 1.39. The summed E-state index contributed by atoms with van der Waals surface area (Å²) in [7, 11) is 2.02. The number of nitrogens with zero attached hydrogens (tertiary/aromatic N) is 4. The molecule has 2 aliphatic rings. The summed E-state index contributed by atoms with van der Waals surface area (Å²) in [6.45, 7) is 8.59. The minimum atomic E-state index is 0.0776. The smallest absolute Gasteiger partial charge is 0.244 e. The molecule has 0 saturated carbocycles. The number of rotatable bonds is 6. The molecule has 1 N–H and O–H groups in total. The molecule has 160 valence electrons. The number of guanidine groups is 1. The Morgan fingerprint density at radius 3 is 2.62 bits per heavy atom. The average molecular weight is 422 g/mol. The summed E-state index contributed by atoms with van der Waals surface area (Å²) in [5.41, 5.74) is 1.14. The Morgan fingerprint density at radius 1 is 1.28 bits per heavy atom. The third-order valence-corrected chi connectivity index (χ3v) is 5.69. The highest BCUT2D eigenvalue weighted by Gasteiger charge is 2.22. The largest absolute Gasteiger partial charge is 0.381 e. The van der Waals surface area contributed by atoms with E-state index in [0.29, 0.717) is 19.0 Å². The lowest BCUT2D eigenvalue weighted by atomic mass is 10.1. The number of hydrogen-bond donors (Lipinski definition) is 1. The molecule has 0 bridgehead atoms. The average Bonchev–Trinajstić information content (AvgIpc) is 3.24. The first-order chi connectivity index (χ1) is 14.1. The fraction of sp³-hybridized carbons (Fsp3) is 0.619. The number of carbonyl (C=O) groups is 1. The number of benzene rings is 1. The molecule has 2 aliphatic heterocycles. The van der Waals surface area contributed by atoms with Crippen LogP contribution in [0.5, 0.6) is 0 Å². The van der Waals surface area contributed by atoms with E-state index in [4.69, 9.17) is 16.3 Å². The number of nitrogens with one attached hydrogen (secondary N) is 1. The minimum absolute atomic E-state index is 0.0776. The summed E-state index contributed by atoms with van der Waals surface area (Å²) >= 11 is 5.97. The number of carbonyl (C=O) groups excluding carboxylic acids is 1. The Morgan fingerprint density at radius 2 is 2.00 bits per heavy atom. The number of aliphatic imine (C=N–C) groups is 1. The Bertz CT molecular complexity index is 683. The van der Waals surface area contributed by atoms with Crippen LogP contribution in [0.15, 0.2) is 29.3 Å². The number of halogens is 1. The zero-order valence-corrected chi connectivity index (χ0v) is 18.2. The van der Waals surface area contributed by atoms with E-state index in [1.54, 1.807) is 0 Å². The van der Waals surface area contributed by atoms with Gasteiger partial charge in [-0.1, -0.05) is 11.6 Å². The monoisotopic (exact) mass is 421 g/mol. The molecule has 1 aromatic rings. The van der Waals surface area contributed by atoms with Crippen LogP contribution in [-0.4, -0.2) is 87.7 Å². The lowest BCUT2D eigenvalue weighted by Crippen LogP contribution is -2.49. The first-order valence-electron chi connectivity index (χ1n) is 10.4. The molecule has 8 heteroatoms. The normalized spacial score (nSPS) is 20.1. The van der Waals surface area contributed by atoms with Gasteiger partial charge < -0.3 is 24.8 Å². The Hall–Kier alpha value is -1.99. The van der Waals surface area contributed by atoms with Gasteiger partial charge in [-0.2, -0.15) is 0 Å². The highest BCUT2D eigenvalue weighted by Crippen LogP contribution is 2.19. The molecule has 2 fully saturated rings. The molecule has 1 atom stereocenters. The topological polar surface area (TPSA) is 60.4 Å². The van der Waals surface area contributed by atoms with Crippen molar-refractivity contribution in [2.45, 2.75) is 13.3 Å². The fourth-order valence-corrected chi connectivity index (χ4v) is 3.91. The standard InChI is InChI=1S/C21H32ClN5O2/c1-3-23-21(25(2)15-17-8-13-29-16-17)24-14-20(28)27-11-9-26(10-12-27)19-6-4-18(22)5-7-19/h4-7,17H,3,8-16H2,1-2H3,(H,23,24). The predicted molar refractivity (Wildman–Crippen MR) is 118 cm³/mol. The van der Waals surface area contributed by atoms with E-state index in [1.807, 2.05) is 43.1 Å². The second-order valence-corrected chi connectivity index (χ2v) is 8.06. The van der Waals surface area contributed by atoms with Crippen molar-refractivity contribution < 1.29 is 9.53 Å². The zero-order chi connectivity index (χ0) is 20.6. The highest BCUT2D eigenvalue weighted by molar-refractivity contribution is 6.30. The van der Waals surface area contributed by atoms with Crippen LogP contribution in [0.25, 0.3) is 0 Å². The molecule has 3 rings (SSSR count). The molecule has 0 spiro atoms. The van der Waals surface area contributed by atoms with Crippen LogP contribution in [0.4, 0.5) is 5.69 Å². The molecule has 2 saturated heterocycles. The molecule has 7 nitrogen and oxygen atoms in total. The molecule has 0 aromatic heterocycles. The molecule has 0 aliphatic carbocycles. The molecule has 1 unspecified atom stereocenters. The number of hydrogen-bond acceptors (Lipinski definition) is 4. The first kappa shape index (κ1) is 21.7. The Kier molecular flexibility index (Phi) is 8.00. The van der Waals surface area contributed by atoms with Crippen molar-refractivity contribution in [3.63, 3.8) is 0 Å². The second-order valence-electron chi connectivity index (χ2n) is 7.62. The second kappa shape index (κ2) is 10.7. The van der Waals surface area contributed by atoms with Crippen molar-refractivity contribution in [3.8, 4) is 0 Å². The zero-order valence-electron chi connectivity index (χ0n) is 17.4. The summed E-state index contributed by atoms with van der Waals surface area (Å²) in [6.07, 6.45) is 1.08. The van der Waals surface area contributed by atoms with Gasteiger partial charge in [0.2, 0.25) is 5.91 Å². The van der Waals surface area contributed by atoms with Gasteiger partial charge in [0.1, 0.15) is 6.54 Å². The van der Waals surface area contributed by atoms with Crippen LogP contribution in [0, 0.1) is 5.92 Å². The van der Waals surface area contributed by atoms with Gasteiger partial charge in [-0.25, -0.2) is 4.99 Å². The van der Waals surface area contributed by atoms with Gasteiger partial charge in [-0.3, -0.25) is 4.79 Å². The lowest BCUT2D eigenvalue weighted by Gasteiger charge is -2.36. The third kappa shape index (κ3) is 6.24. The number of anilines is 1. The van der Waals surface area contributed by atoms with Gasteiger partial charge >= 0.3 is 0 Å². The van der Waals surface area contributed by atoms with Gasteiger partial charge in [-0.15, -0.1) is 0 Å². The fourth-order valence-electron chi connectivity index (χ4n) is 3.78. The van der Waals surface area contributed by atoms with E-state index < -0.39 is 0 Å². The molecule has 29 heavy (non-hydrogen) atoms. The maximum atomic E-state index is 12.7. The summed E-state index contributed by atoms with van der Waals surface area (Å²) < 4.78 is 5.46. The van der Waals surface area contributed by atoms with Crippen LogP contribution >= 0.6 is 11.6 Å².